The third-order valence-electron chi connectivity index (χ3n) is 2.99. The zero-order chi connectivity index (χ0) is 12.0. The van der Waals surface area contributed by atoms with Gasteiger partial charge in [0.05, 0.1) is 0 Å². The first-order valence-electron chi connectivity index (χ1n) is 5.43. The van der Waals surface area contributed by atoms with Gasteiger partial charge in [0.2, 0.25) is 0 Å². The highest BCUT2D eigenvalue weighted by atomic mass is 79.9. The van der Waals surface area contributed by atoms with Crippen molar-refractivity contribution in [3.05, 3.63) is 28.5 Å². The summed E-state index contributed by atoms with van der Waals surface area (Å²) < 4.78 is 0.873. The molecule has 1 aliphatic heterocycles. The molecular weight excluding hydrogens is 284 g/mol. The molecule has 1 fully saturated rings. The first-order valence-corrected chi connectivity index (χ1v) is 6.23. The molecule has 17 heavy (non-hydrogen) atoms. The van der Waals surface area contributed by atoms with Crippen molar-refractivity contribution in [2.24, 2.45) is 10.7 Å². The quantitative estimate of drug-likeness (QED) is 0.905. The molecule has 0 aromatic carbocycles. The zero-order valence-electron chi connectivity index (χ0n) is 9.01. The maximum absolute atomic E-state index is 11.8. The smallest absolute Gasteiger partial charge is 0.346 e. The van der Waals surface area contributed by atoms with E-state index < -0.39 is 0 Å². The number of carbonyl (C=O) groups is 1. The van der Waals surface area contributed by atoms with Crippen molar-refractivity contribution >= 4 is 27.8 Å². The van der Waals surface area contributed by atoms with Crippen LogP contribution in [0.3, 0.4) is 0 Å². The standard InChI is InChI=1S/C11H11BrN4O/c12-7-3-6(4-14-5-7)9-10(13)15-11(17)16(9)8-1-2-8/h3-5,8-9H,1-2H2,(H2,13,15,17). The number of rotatable bonds is 2. The van der Waals surface area contributed by atoms with E-state index in [1.165, 1.54) is 0 Å². The van der Waals surface area contributed by atoms with Gasteiger partial charge in [-0.25, -0.2) is 4.79 Å². The fraction of sp³-hybridized carbons (Fsp3) is 0.364. The van der Waals surface area contributed by atoms with Crippen LogP contribution in [0.4, 0.5) is 4.79 Å². The average molecular weight is 295 g/mol. The van der Waals surface area contributed by atoms with Gasteiger partial charge in [-0.05, 0) is 34.8 Å². The lowest BCUT2D eigenvalue weighted by atomic mass is 10.1. The number of pyridine rings is 1. The second kappa shape index (κ2) is 3.80. The van der Waals surface area contributed by atoms with Gasteiger partial charge in [0, 0.05) is 28.5 Å². The summed E-state index contributed by atoms with van der Waals surface area (Å²) in [6.45, 7) is 0. The largest absolute Gasteiger partial charge is 0.385 e. The molecule has 1 aliphatic carbocycles. The summed E-state index contributed by atoms with van der Waals surface area (Å²) in [5.41, 5.74) is 6.75. The SMILES string of the molecule is NC1=NC(=O)N(C2CC2)C1c1cncc(Br)c1. The molecule has 3 rings (SSSR count). The monoisotopic (exact) mass is 294 g/mol. The van der Waals surface area contributed by atoms with Gasteiger partial charge in [0.15, 0.2) is 0 Å². The van der Waals surface area contributed by atoms with E-state index in [1.807, 2.05) is 6.07 Å². The minimum atomic E-state index is -0.250. The van der Waals surface area contributed by atoms with Gasteiger partial charge >= 0.3 is 6.03 Å². The number of aliphatic imine (C=N–C) groups is 1. The van der Waals surface area contributed by atoms with Gasteiger partial charge in [0.25, 0.3) is 0 Å². The Labute approximate surface area is 107 Å². The summed E-state index contributed by atoms with van der Waals surface area (Å²) in [6, 6.07) is 1.74. The van der Waals surface area contributed by atoms with E-state index in [-0.39, 0.29) is 18.1 Å². The second-order valence-corrected chi connectivity index (χ2v) is 5.21. The van der Waals surface area contributed by atoms with Crippen molar-refractivity contribution < 1.29 is 4.79 Å². The van der Waals surface area contributed by atoms with Gasteiger partial charge < -0.3 is 10.6 Å². The molecule has 5 nitrogen and oxygen atoms in total. The fourth-order valence-corrected chi connectivity index (χ4v) is 2.49. The molecule has 2 N–H and O–H groups in total. The number of aromatic nitrogens is 1. The highest BCUT2D eigenvalue weighted by Gasteiger charge is 2.43. The van der Waals surface area contributed by atoms with Crippen molar-refractivity contribution in [1.82, 2.24) is 9.88 Å². The molecule has 1 saturated carbocycles. The van der Waals surface area contributed by atoms with E-state index >= 15 is 0 Å². The van der Waals surface area contributed by atoms with Crippen LogP contribution in [0.1, 0.15) is 24.4 Å². The van der Waals surface area contributed by atoms with Crippen LogP contribution in [-0.4, -0.2) is 27.8 Å². The first kappa shape index (κ1) is 10.7. The molecule has 2 amide bonds. The minimum Gasteiger partial charge on any atom is -0.385 e. The topological polar surface area (TPSA) is 71.6 Å². The van der Waals surface area contributed by atoms with Crippen LogP contribution < -0.4 is 5.73 Å². The molecule has 1 aromatic heterocycles. The predicted molar refractivity (Wildman–Crippen MR) is 66.6 cm³/mol. The molecule has 1 unspecified atom stereocenters. The van der Waals surface area contributed by atoms with Crippen molar-refractivity contribution in [3.63, 3.8) is 0 Å². The van der Waals surface area contributed by atoms with Crippen LogP contribution in [0, 0.1) is 0 Å². The van der Waals surface area contributed by atoms with Crippen molar-refractivity contribution in [3.8, 4) is 0 Å². The maximum Gasteiger partial charge on any atom is 0.346 e. The van der Waals surface area contributed by atoms with Gasteiger partial charge in [-0.1, -0.05) is 0 Å². The number of carbonyl (C=O) groups excluding carboxylic acids is 1. The molecule has 0 radical (unpaired) electrons. The molecular formula is C11H11BrN4O. The third kappa shape index (κ3) is 1.82. The summed E-state index contributed by atoms with van der Waals surface area (Å²) in [7, 11) is 0. The Hall–Kier alpha value is -1.43. The van der Waals surface area contributed by atoms with Gasteiger partial charge in [-0.15, -0.1) is 0 Å². The Bertz CT molecular complexity index is 512. The Morgan fingerprint density at radius 3 is 2.82 bits per heavy atom. The summed E-state index contributed by atoms with van der Waals surface area (Å²) in [5.74, 6) is 0.363. The second-order valence-electron chi connectivity index (χ2n) is 4.30. The Kier molecular flexibility index (Phi) is 2.39. The lowest BCUT2D eigenvalue weighted by Crippen LogP contribution is -2.35. The van der Waals surface area contributed by atoms with E-state index in [0.29, 0.717) is 5.84 Å². The number of amides is 2. The number of nitrogens with zero attached hydrogens (tertiary/aromatic N) is 3. The lowest BCUT2D eigenvalue weighted by molar-refractivity contribution is 0.203. The van der Waals surface area contributed by atoms with Crippen molar-refractivity contribution in [2.75, 3.05) is 0 Å². The number of hydrogen-bond donors (Lipinski definition) is 1. The molecule has 6 heteroatoms. The number of nitrogens with two attached hydrogens (primary N) is 1. The number of halogens is 1. The molecule has 88 valence electrons. The van der Waals surface area contributed by atoms with E-state index in [9.17, 15) is 4.79 Å². The average Bonchev–Trinajstić information content (AvgIpc) is 3.04. The Morgan fingerprint density at radius 2 is 2.18 bits per heavy atom. The molecule has 2 heterocycles. The van der Waals surface area contributed by atoms with E-state index in [2.05, 4.69) is 25.9 Å². The summed E-state index contributed by atoms with van der Waals surface area (Å²) in [4.78, 5) is 21.5. The van der Waals surface area contributed by atoms with Gasteiger partial charge in [-0.2, -0.15) is 4.99 Å². The lowest BCUT2D eigenvalue weighted by Gasteiger charge is -2.24. The van der Waals surface area contributed by atoms with Crippen LogP contribution in [0.5, 0.6) is 0 Å². The van der Waals surface area contributed by atoms with E-state index in [1.54, 1.807) is 17.3 Å². The Balaban J connectivity index is 1.99. The molecule has 1 aromatic rings. The van der Waals surface area contributed by atoms with Crippen LogP contribution in [0.25, 0.3) is 0 Å². The van der Waals surface area contributed by atoms with Gasteiger partial charge in [0.1, 0.15) is 11.9 Å². The number of urea groups is 1. The number of amidine groups is 1. The highest BCUT2D eigenvalue weighted by Crippen LogP contribution is 2.38. The first-order chi connectivity index (χ1) is 8.16. The normalized spacial score (nSPS) is 24.1. The van der Waals surface area contributed by atoms with Crippen LogP contribution in [0.15, 0.2) is 27.9 Å². The molecule has 0 spiro atoms. The molecule has 0 bridgehead atoms. The maximum atomic E-state index is 11.8. The molecule has 1 atom stereocenters. The summed E-state index contributed by atoms with van der Waals surface area (Å²) in [6.07, 6.45) is 5.50. The summed E-state index contributed by atoms with van der Waals surface area (Å²) in [5, 5.41) is 0. The van der Waals surface area contributed by atoms with Gasteiger partial charge in [-0.3, -0.25) is 4.98 Å². The minimum absolute atomic E-state index is 0.227. The Morgan fingerprint density at radius 1 is 1.41 bits per heavy atom. The van der Waals surface area contributed by atoms with Crippen molar-refractivity contribution in [1.29, 1.82) is 0 Å². The predicted octanol–water partition coefficient (Wildman–Crippen LogP) is 1.84. The van der Waals surface area contributed by atoms with Crippen LogP contribution >= 0.6 is 15.9 Å². The number of hydrogen-bond acceptors (Lipinski definition) is 3. The third-order valence-corrected chi connectivity index (χ3v) is 3.42. The molecule has 2 aliphatic rings. The van der Waals surface area contributed by atoms with Crippen LogP contribution in [0.2, 0.25) is 0 Å². The fourth-order valence-electron chi connectivity index (χ4n) is 2.11. The summed E-state index contributed by atoms with van der Waals surface area (Å²) >= 11 is 3.37. The van der Waals surface area contributed by atoms with Crippen molar-refractivity contribution in [2.45, 2.75) is 24.9 Å². The zero-order valence-corrected chi connectivity index (χ0v) is 10.6. The van der Waals surface area contributed by atoms with E-state index in [4.69, 9.17) is 5.73 Å². The van der Waals surface area contributed by atoms with E-state index in [0.717, 1.165) is 22.9 Å². The highest BCUT2D eigenvalue weighted by molar-refractivity contribution is 9.10. The van der Waals surface area contributed by atoms with Crippen LogP contribution in [-0.2, 0) is 0 Å². The molecule has 0 saturated heterocycles.